The van der Waals surface area contributed by atoms with Crippen LogP contribution in [0.3, 0.4) is 0 Å². The van der Waals surface area contributed by atoms with Crippen molar-refractivity contribution >= 4 is 83.0 Å². The van der Waals surface area contributed by atoms with Gasteiger partial charge >= 0.3 is 7.12 Å². The summed E-state index contributed by atoms with van der Waals surface area (Å²) in [4.78, 5) is 28.7. The lowest BCUT2D eigenvalue weighted by molar-refractivity contribution is -0.384. The summed E-state index contributed by atoms with van der Waals surface area (Å²) in [6.07, 6.45) is 0. The minimum atomic E-state index is -1.80. The van der Waals surface area contributed by atoms with Crippen LogP contribution in [0.1, 0.15) is 0 Å². The summed E-state index contributed by atoms with van der Waals surface area (Å²) < 4.78 is 3.38. The van der Waals surface area contributed by atoms with Gasteiger partial charge in [0.1, 0.15) is 0 Å². The maximum atomic E-state index is 11.0. The smallest absolute Gasteiger partial charge is 0.423 e. The van der Waals surface area contributed by atoms with Gasteiger partial charge in [-0.1, -0.05) is 52.3 Å². The highest BCUT2D eigenvalue weighted by molar-refractivity contribution is 9.10. The lowest BCUT2D eigenvalue weighted by Gasteiger charge is -2.02. The van der Waals surface area contributed by atoms with Crippen molar-refractivity contribution in [2.24, 2.45) is 0 Å². The second-order valence-electron chi connectivity index (χ2n) is 7.96. The van der Waals surface area contributed by atoms with E-state index in [1.807, 2.05) is 35.8 Å². The average molecular weight is 637 g/mol. The number of thiazole rings is 2. The van der Waals surface area contributed by atoms with Crippen LogP contribution in [0.15, 0.2) is 100 Å². The Hall–Kier alpha value is -4.08. The first-order chi connectivity index (χ1) is 19.2. The second-order valence-corrected chi connectivity index (χ2v) is 10.7. The van der Waals surface area contributed by atoms with Gasteiger partial charge in [0.05, 0.1) is 52.3 Å². The fourth-order valence-electron chi connectivity index (χ4n) is 3.60. The Bertz CT molecular complexity index is 1800. The minimum Gasteiger partial charge on any atom is -0.423 e. The van der Waals surface area contributed by atoms with Crippen molar-refractivity contribution in [3.05, 3.63) is 121 Å². The van der Waals surface area contributed by atoms with Gasteiger partial charge in [-0.05, 0) is 42.0 Å². The first-order valence-corrected chi connectivity index (χ1v) is 13.9. The van der Waals surface area contributed by atoms with E-state index in [0.29, 0.717) is 5.56 Å². The lowest BCUT2D eigenvalue weighted by Crippen LogP contribution is -2.31. The van der Waals surface area contributed by atoms with Crippen molar-refractivity contribution < 1.29 is 19.9 Å². The van der Waals surface area contributed by atoms with Gasteiger partial charge in [-0.15, -0.1) is 22.7 Å². The first kappa shape index (κ1) is 28.9. The van der Waals surface area contributed by atoms with Gasteiger partial charge in [-0.3, -0.25) is 20.2 Å². The molecule has 200 valence electrons. The molecule has 0 saturated carbocycles. The zero-order valence-corrected chi connectivity index (χ0v) is 23.5. The molecule has 0 spiro atoms. The number of para-hydroxylation sites is 2. The molecule has 0 amide bonds. The third-order valence-electron chi connectivity index (χ3n) is 5.45. The van der Waals surface area contributed by atoms with E-state index in [0.717, 1.165) is 25.8 Å². The number of halogens is 1. The molecule has 0 saturated heterocycles. The molecule has 10 nitrogen and oxygen atoms in total. The van der Waals surface area contributed by atoms with Crippen LogP contribution in [0.2, 0.25) is 0 Å². The molecule has 0 aliphatic carbocycles. The summed E-state index contributed by atoms with van der Waals surface area (Å²) in [6.45, 7) is 0. The zero-order valence-electron chi connectivity index (χ0n) is 20.3. The molecule has 2 N–H and O–H groups in total. The minimum absolute atomic E-state index is 0.0949. The van der Waals surface area contributed by atoms with Crippen molar-refractivity contribution in [3.63, 3.8) is 0 Å². The second kappa shape index (κ2) is 13.3. The first-order valence-electron chi connectivity index (χ1n) is 11.4. The van der Waals surface area contributed by atoms with E-state index in [1.54, 1.807) is 35.0 Å². The fraction of sp³-hybridized carbons (Fsp3) is 0. The SMILES string of the molecule is Brc1ccc2ncsc2c1.O=[N+]([O-])c1ccccc1-c1ccc2ncsc2c1.O=[N+]([O-])c1ccccc1B(O)O. The van der Waals surface area contributed by atoms with Gasteiger partial charge in [0.25, 0.3) is 11.4 Å². The maximum absolute atomic E-state index is 11.0. The number of nitro benzene ring substituents is 2. The van der Waals surface area contributed by atoms with E-state index in [4.69, 9.17) is 10.0 Å². The maximum Gasteiger partial charge on any atom is 0.495 e. The quantitative estimate of drug-likeness (QED) is 0.132. The van der Waals surface area contributed by atoms with Gasteiger partial charge in [0, 0.05) is 16.6 Å². The molecule has 0 bridgehead atoms. The molecule has 14 heteroatoms. The number of benzene rings is 4. The average Bonchev–Trinajstić information content (AvgIpc) is 3.62. The molecule has 6 rings (SSSR count). The Balaban J connectivity index is 0.000000147. The Morgan fingerprint density at radius 1 is 0.725 bits per heavy atom. The van der Waals surface area contributed by atoms with Crippen LogP contribution in [0.5, 0.6) is 0 Å². The third-order valence-corrected chi connectivity index (χ3v) is 7.52. The van der Waals surface area contributed by atoms with E-state index < -0.39 is 12.0 Å². The monoisotopic (exact) mass is 636 g/mol. The number of fused-ring (bicyclic) bond motifs is 2. The van der Waals surface area contributed by atoms with Crippen molar-refractivity contribution in [2.45, 2.75) is 0 Å². The number of hydrogen-bond acceptors (Lipinski definition) is 10. The van der Waals surface area contributed by atoms with Gasteiger partial charge in [0.2, 0.25) is 0 Å². The highest BCUT2D eigenvalue weighted by atomic mass is 79.9. The highest BCUT2D eigenvalue weighted by Crippen LogP contribution is 2.32. The Morgan fingerprint density at radius 2 is 1.27 bits per heavy atom. The number of nitrogens with zero attached hydrogens (tertiary/aromatic N) is 4. The van der Waals surface area contributed by atoms with E-state index in [-0.39, 0.29) is 21.8 Å². The summed E-state index contributed by atoms with van der Waals surface area (Å²) in [5.41, 5.74) is 6.86. The van der Waals surface area contributed by atoms with Crippen molar-refractivity contribution in [1.82, 2.24) is 9.97 Å². The predicted octanol–water partition coefficient (Wildman–Crippen LogP) is 6.20. The molecule has 0 atom stereocenters. The molecule has 6 aromatic rings. The van der Waals surface area contributed by atoms with E-state index in [1.165, 1.54) is 46.4 Å². The van der Waals surface area contributed by atoms with Crippen LogP contribution in [0.25, 0.3) is 31.6 Å². The predicted molar refractivity (Wildman–Crippen MR) is 162 cm³/mol. The van der Waals surface area contributed by atoms with Crippen LogP contribution >= 0.6 is 38.6 Å². The molecule has 2 aromatic heterocycles. The normalized spacial score (nSPS) is 10.3. The largest absolute Gasteiger partial charge is 0.495 e. The van der Waals surface area contributed by atoms with Gasteiger partial charge in [0.15, 0.2) is 0 Å². The van der Waals surface area contributed by atoms with Gasteiger partial charge in [-0.2, -0.15) is 0 Å². The van der Waals surface area contributed by atoms with Crippen molar-refractivity contribution in [3.8, 4) is 11.1 Å². The standard InChI is InChI=1S/C13H8N2O2S.C7H4BrNS.C6H6BNO4/c16-15(17)12-4-2-1-3-10(12)9-5-6-11-13(7-9)18-8-14-11;8-5-1-2-6-7(3-5)10-4-9-6;9-7(10)5-3-1-2-4-6(5)8(11)12/h1-8H;1-4H;1-4,9-10H. The Morgan fingerprint density at radius 3 is 1.88 bits per heavy atom. The summed E-state index contributed by atoms with van der Waals surface area (Å²) >= 11 is 6.59. The van der Waals surface area contributed by atoms with Gasteiger partial charge in [-0.25, -0.2) is 9.97 Å². The summed E-state index contributed by atoms with van der Waals surface area (Å²) in [7, 11) is -1.80. The van der Waals surface area contributed by atoms with Crippen LogP contribution in [0, 0.1) is 20.2 Å². The lowest BCUT2D eigenvalue weighted by atomic mass is 9.79. The fourth-order valence-corrected chi connectivity index (χ4v) is 5.55. The highest BCUT2D eigenvalue weighted by Gasteiger charge is 2.22. The molecule has 0 aliphatic rings. The number of hydrogen-bond donors (Lipinski definition) is 2. The molecule has 0 aliphatic heterocycles. The van der Waals surface area contributed by atoms with Crippen molar-refractivity contribution in [2.75, 3.05) is 0 Å². The molecule has 0 fully saturated rings. The number of rotatable bonds is 4. The summed E-state index contributed by atoms with van der Waals surface area (Å²) in [6, 6.07) is 24.0. The topological polar surface area (TPSA) is 153 Å². The summed E-state index contributed by atoms with van der Waals surface area (Å²) in [5.74, 6) is 0. The molecule has 4 aromatic carbocycles. The number of nitro groups is 2. The van der Waals surface area contributed by atoms with E-state index >= 15 is 0 Å². The van der Waals surface area contributed by atoms with Crippen LogP contribution in [-0.4, -0.2) is 37.0 Å². The molecular weight excluding hydrogens is 619 g/mol. The van der Waals surface area contributed by atoms with E-state index in [9.17, 15) is 20.2 Å². The molecule has 40 heavy (non-hydrogen) atoms. The molecule has 0 unspecified atom stereocenters. The van der Waals surface area contributed by atoms with Crippen LogP contribution in [-0.2, 0) is 0 Å². The van der Waals surface area contributed by atoms with Crippen molar-refractivity contribution in [1.29, 1.82) is 0 Å². The number of aromatic nitrogens is 2. The molecule has 2 heterocycles. The molecule has 0 radical (unpaired) electrons. The Kier molecular flexibility index (Phi) is 9.63. The summed E-state index contributed by atoms with van der Waals surface area (Å²) in [5, 5.41) is 38.7. The van der Waals surface area contributed by atoms with Crippen LogP contribution in [0.4, 0.5) is 11.4 Å². The van der Waals surface area contributed by atoms with Crippen LogP contribution < -0.4 is 5.46 Å². The third kappa shape index (κ3) is 7.11. The Labute approximate surface area is 243 Å². The van der Waals surface area contributed by atoms with Gasteiger partial charge < -0.3 is 10.0 Å². The molecular formula is C26H18BBrN4O6S2. The van der Waals surface area contributed by atoms with E-state index in [2.05, 4.69) is 32.0 Å². The zero-order chi connectivity index (χ0) is 28.6.